The van der Waals surface area contributed by atoms with Crippen LogP contribution in [-0.2, 0) is 6.54 Å². The summed E-state index contributed by atoms with van der Waals surface area (Å²) in [6.07, 6.45) is 0. The van der Waals surface area contributed by atoms with E-state index < -0.39 is 0 Å². The molecule has 1 aromatic heterocycles. The minimum Gasteiger partial charge on any atom is -0.493 e. The summed E-state index contributed by atoms with van der Waals surface area (Å²) in [5.74, 6) is -0.427. The molecule has 0 bridgehead atoms. The molecule has 5 nitrogen and oxygen atoms in total. The van der Waals surface area contributed by atoms with Crippen molar-refractivity contribution in [3.05, 3.63) is 89.2 Å². The number of halogens is 1. The molecule has 2 N–H and O–H groups in total. The molecule has 0 fully saturated rings. The monoisotopic (exact) mass is 432 g/mol. The smallest absolute Gasteiger partial charge is 0.221 e. The predicted octanol–water partition coefficient (Wildman–Crippen LogP) is 6.63. The van der Waals surface area contributed by atoms with Gasteiger partial charge >= 0.3 is 0 Å². The maximum Gasteiger partial charge on any atom is 0.221 e. The van der Waals surface area contributed by atoms with E-state index in [4.69, 9.17) is 12.2 Å². The average Bonchev–Trinajstić information content (AvgIpc) is 2.98. The summed E-state index contributed by atoms with van der Waals surface area (Å²) >= 11 is 5.31. The normalized spacial score (nSPS) is 11.3. The maximum absolute atomic E-state index is 14.2. The molecule has 7 heteroatoms. The quantitative estimate of drug-likeness (QED) is 0.281. The summed E-state index contributed by atoms with van der Waals surface area (Å²) in [5, 5.41) is 23.1. The van der Waals surface area contributed by atoms with E-state index in [1.807, 2.05) is 50.2 Å². The van der Waals surface area contributed by atoms with Crippen LogP contribution in [0.15, 0.2) is 77.0 Å². The molecule has 3 aromatic carbocycles. The average molecular weight is 433 g/mol. The van der Waals surface area contributed by atoms with Gasteiger partial charge in [-0.2, -0.15) is 0 Å². The summed E-state index contributed by atoms with van der Waals surface area (Å²) in [4.78, 5) is 0. The number of hydrogen-bond acceptors (Lipinski definition) is 3. The van der Waals surface area contributed by atoms with Gasteiger partial charge in [0.1, 0.15) is 5.82 Å². The molecular weight excluding hydrogens is 411 g/mol. The van der Waals surface area contributed by atoms with Crippen molar-refractivity contribution in [3.8, 4) is 5.88 Å². The molecule has 156 valence electrons. The van der Waals surface area contributed by atoms with Crippen LogP contribution in [0.4, 0.5) is 15.8 Å². The van der Waals surface area contributed by atoms with Crippen LogP contribution < -0.4 is 5.32 Å². The lowest BCUT2D eigenvalue weighted by Gasteiger charge is -2.08. The van der Waals surface area contributed by atoms with E-state index >= 15 is 0 Å². The Morgan fingerprint density at radius 3 is 2.45 bits per heavy atom. The number of nitrogens with zero attached hydrogens (tertiary/aromatic N) is 3. The largest absolute Gasteiger partial charge is 0.493 e. The van der Waals surface area contributed by atoms with Gasteiger partial charge in [0.2, 0.25) is 11.0 Å². The molecule has 0 aliphatic carbocycles. The summed E-state index contributed by atoms with van der Waals surface area (Å²) in [6.45, 7) is 4.18. The second-order valence-corrected chi connectivity index (χ2v) is 7.76. The molecule has 4 rings (SSSR count). The number of aromatic nitrogens is 1. The highest BCUT2D eigenvalue weighted by Crippen LogP contribution is 2.39. The fraction of sp³-hybridized carbons (Fsp3) is 0.125. The Balaban J connectivity index is 1.65. The van der Waals surface area contributed by atoms with E-state index in [1.165, 1.54) is 6.07 Å². The first-order chi connectivity index (χ1) is 14.9. The van der Waals surface area contributed by atoms with E-state index in [0.717, 1.165) is 22.3 Å². The maximum atomic E-state index is 14.2. The van der Waals surface area contributed by atoms with Crippen molar-refractivity contribution in [3.63, 3.8) is 0 Å². The second-order valence-electron chi connectivity index (χ2n) is 7.37. The molecule has 0 radical (unpaired) electrons. The number of rotatable bonds is 4. The Labute approximate surface area is 184 Å². The fourth-order valence-electron chi connectivity index (χ4n) is 3.62. The number of nitrogens with one attached hydrogen (secondary N) is 1. The Kier molecular flexibility index (Phi) is 5.77. The molecule has 31 heavy (non-hydrogen) atoms. The van der Waals surface area contributed by atoms with E-state index in [0.29, 0.717) is 10.9 Å². The van der Waals surface area contributed by atoms with E-state index in [9.17, 15) is 9.50 Å². The van der Waals surface area contributed by atoms with Gasteiger partial charge in [-0.1, -0.05) is 42.5 Å². The summed E-state index contributed by atoms with van der Waals surface area (Å²) < 4.78 is 15.8. The van der Waals surface area contributed by atoms with E-state index in [-0.39, 0.29) is 29.0 Å². The number of hydrogen-bond donors (Lipinski definition) is 2. The Bertz CT molecular complexity index is 1290. The third-order valence-electron chi connectivity index (χ3n) is 4.92. The molecule has 0 aliphatic rings. The van der Waals surface area contributed by atoms with Gasteiger partial charge in [0.15, 0.2) is 5.69 Å². The highest BCUT2D eigenvalue weighted by Gasteiger charge is 2.17. The van der Waals surface area contributed by atoms with Gasteiger partial charge in [-0.05, 0) is 61.5 Å². The van der Waals surface area contributed by atoms with Gasteiger partial charge in [0, 0.05) is 16.6 Å². The van der Waals surface area contributed by atoms with Crippen molar-refractivity contribution >= 4 is 39.6 Å². The molecule has 4 aromatic rings. The molecular formula is C24H21FN4OS. The number of aromatic hydroxyl groups is 1. The fourth-order valence-corrected chi connectivity index (χ4v) is 3.78. The standard InChI is InChI=1S/C24H21FN4OS/c1-15-11-16(2)13-18(12-15)26-24(31)28-27-22-19-8-4-6-10-21(19)29(23(22)30)14-17-7-3-5-9-20(17)25/h3-13,30H,14H2,1-2H3,(H,26,31). The van der Waals surface area contributed by atoms with Crippen molar-refractivity contribution < 1.29 is 9.50 Å². The predicted molar refractivity (Wildman–Crippen MR) is 126 cm³/mol. The van der Waals surface area contributed by atoms with Crippen LogP contribution >= 0.6 is 12.2 Å². The van der Waals surface area contributed by atoms with Gasteiger partial charge in [0.05, 0.1) is 12.1 Å². The molecule has 0 spiro atoms. The van der Waals surface area contributed by atoms with Crippen LogP contribution in [0.25, 0.3) is 10.9 Å². The Morgan fingerprint density at radius 1 is 1.03 bits per heavy atom. The minimum absolute atomic E-state index is 0.0950. The third kappa shape index (κ3) is 4.46. The van der Waals surface area contributed by atoms with E-state index in [1.54, 1.807) is 22.8 Å². The van der Waals surface area contributed by atoms with Crippen LogP contribution in [0.3, 0.4) is 0 Å². The zero-order valence-corrected chi connectivity index (χ0v) is 17.9. The van der Waals surface area contributed by atoms with Crippen LogP contribution in [0.1, 0.15) is 16.7 Å². The highest BCUT2D eigenvalue weighted by atomic mass is 32.1. The number of para-hydroxylation sites is 1. The van der Waals surface area contributed by atoms with Crippen molar-refractivity contribution in [1.82, 2.24) is 4.57 Å². The topological polar surface area (TPSA) is 61.9 Å². The lowest BCUT2D eigenvalue weighted by molar-refractivity contribution is 0.428. The molecule has 0 amide bonds. The Hall–Kier alpha value is -3.58. The highest BCUT2D eigenvalue weighted by molar-refractivity contribution is 7.80. The third-order valence-corrected chi connectivity index (χ3v) is 5.10. The number of aryl methyl sites for hydroxylation is 2. The zero-order chi connectivity index (χ0) is 22.0. The van der Waals surface area contributed by atoms with Gasteiger partial charge < -0.3 is 15.0 Å². The van der Waals surface area contributed by atoms with Crippen molar-refractivity contribution in [2.45, 2.75) is 20.4 Å². The summed E-state index contributed by atoms with van der Waals surface area (Å²) in [5.41, 5.74) is 4.52. The van der Waals surface area contributed by atoms with Gasteiger partial charge in [-0.25, -0.2) is 4.39 Å². The molecule has 0 aliphatic heterocycles. The van der Waals surface area contributed by atoms with Crippen LogP contribution in [0.2, 0.25) is 0 Å². The number of anilines is 1. The summed E-state index contributed by atoms with van der Waals surface area (Å²) in [6, 6.07) is 19.9. The Morgan fingerprint density at radius 2 is 1.71 bits per heavy atom. The van der Waals surface area contributed by atoms with Crippen molar-refractivity contribution in [2.75, 3.05) is 5.32 Å². The van der Waals surface area contributed by atoms with Gasteiger partial charge in [-0.3, -0.25) is 0 Å². The second kappa shape index (κ2) is 8.65. The minimum atomic E-state index is -0.332. The number of azo groups is 1. The lowest BCUT2D eigenvalue weighted by atomic mass is 10.1. The van der Waals surface area contributed by atoms with Crippen LogP contribution in [0, 0.1) is 19.7 Å². The van der Waals surface area contributed by atoms with Gasteiger partial charge in [0.25, 0.3) is 0 Å². The SMILES string of the molecule is Cc1cc(C)cc(NC(=S)N=Nc2c(O)n(Cc3ccccc3F)c3ccccc23)c1. The molecule has 0 saturated heterocycles. The first-order valence-corrected chi connectivity index (χ1v) is 10.2. The zero-order valence-electron chi connectivity index (χ0n) is 17.1. The summed E-state index contributed by atoms with van der Waals surface area (Å²) in [7, 11) is 0. The van der Waals surface area contributed by atoms with Crippen molar-refractivity contribution in [1.29, 1.82) is 0 Å². The number of fused-ring (bicyclic) bond motifs is 1. The molecule has 0 saturated carbocycles. The first-order valence-electron chi connectivity index (χ1n) is 9.77. The van der Waals surface area contributed by atoms with Gasteiger partial charge in [-0.15, -0.1) is 10.2 Å². The molecule has 1 heterocycles. The van der Waals surface area contributed by atoms with E-state index in [2.05, 4.69) is 21.6 Å². The number of thiocarbonyl (C=S) groups is 1. The molecule has 0 atom stereocenters. The van der Waals surface area contributed by atoms with Crippen LogP contribution in [-0.4, -0.2) is 14.8 Å². The number of benzene rings is 3. The lowest BCUT2D eigenvalue weighted by Crippen LogP contribution is -2.05. The van der Waals surface area contributed by atoms with Crippen LogP contribution in [0.5, 0.6) is 5.88 Å². The first kappa shape index (κ1) is 20.7. The van der Waals surface area contributed by atoms with Crippen molar-refractivity contribution in [2.24, 2.45) is 10.2 Å². The molecule has 0 unspecified atom stereocenters.